The second-order valence-electron chi connectivity index (χ2n) is 7.54. The molecule has 0 saturated heterocycles. The lowest BCUT2D eigenvalue weighted by molar-refractivity contribution is 0.0785. The number of nitrogens with zero attached hydrogens (tertiary/aromatic N) is 4. The van der Waals surface area contributed by atoms with Crippen LogP contribution in [-0.2, 0) is 6.54 Å². The number of halogens is 1. The normalized spacial score (nSPS) is 14.1. The van der Waals surface area contributed by atoms with Gasteiger partial charge in [-0.1, -0.05) is 18.2 Å². The number of carbonyl (C=O) groups is 1. The number of hydrogen-bond acceptors (Lipinski definition) is 3. The highest BCUT2D eigenvalue weighted by atomic mass is 19.1. The maximum Gasteiger partial charge on any atom is 0.254 e. The largest absolute Gasteiger partial charge is 0.337 e. The average molecular weight is 366 g/mol. The van der Waals surface area contributed by atoms with Crippen molar-refractivity contribution in [1.82, 2.24) is 19.7 Å². The molecule has 140 valence electrons. The van der Waals surface area contributed by atoms with Crippen molar-refractivity contribution in [2.75, 3.05) is 7.05 Å². The van der Waals surface area contributed by atoms with Crippen molar-refractivity contribution >= 4 is 16.9 Å². The van der Waals surface area contributed by atoms with Crippen LogP contribution in [0, 0.1) is 5.82 Å². The van der Waals surface area contributed by atoms with Crippen LogP contribution in [0.2, 0.25) is 0 Å². The average Bonchev–Trinajstić information content (AvgIpc) is 3.41. The second kappa shape index (κ2) is 6.76. The summed E-state index contributed by atoms with van der Waals surface area (Å²) in [7, 11) is 1.70. The number of rotatable bonds is 5. The van der Waals surface area contributed by atoms with Crippen molar-refractivity contribution in [1.29, 1.82) is 0 Å². The zero-order valence-electron chi connectivity index (χ0n) is 15.8. The molecule has 1 aliphatic rings. The van der Waals surface area contributed by atoms with E-state index >= 15 is 0 Å². The summed E-state index contributed by atoms with van der Waals surface area (Å²) < 4.78 is 15.8. The Bertz CT molecular complexity index is 1010. The summed E-state index contributed by atoms with van der Waals surface area (Å²) in [4.78, 5) is 19.5. The van der Waals surface area contributed by atoms with Crippen LogP contribution < -0.4 is 0 Å². The standard InChI is InChI=1S/C21H23FN4O/c1-13(2)26-20-17(11-23-26)16(10-19(24-20)14-8-9-14)21(27)25(3)12-15-6-4-5-7-18(15)22/h4-7,10-11,13-14H,8-9,12H2,1-3H3. The first kappa shape index (κ1) is 17.6. The van der Waals surface area contributed by atoms with E-state index < -0.39 is 0 Å². The summed E-state index contributed by atoms with van der Waals surface area (Å²) in [5, 5.41) is 5.19. The molecule has 2 heterocycles. The van der Waals surface area contributed by atoms with Crippen LogP contribution in [0.1, 0.15) is 60.3 Å². The molecule has 3 aromatic rings. The van der Waals surface area contributed by atoms with Gasteiger partial charge >= 0.3 is 0 Å². The van der Waals surface area contributed by atoms with Gasteiger partial charge in [0.1, 0.15) is 5.82 Å². The monoisotopic (exact) mass is 366 g/mol. The molecule has 6 heteroatoms. The molecule has 5 nitrogen and oxygen atoms in total. The van der Waals surface area contributed by atoms with Gasteiger partial charge in [0.05, 0.1) is 17.1 Å². The maximum absolute atomic E-state index is 14.0. The summed E-state index contributed by atoms with van der Waals surface area (Å²) in [5.74, 6) is -0.0208. The van der Waals surface area contributed by atoms with Crippen LogP contribution in [0.4, 0.5) is 4.39 Å². The molecule has 0 aliphatic heterocycles. The molecule has 1 aliphatic carbocycles. The molecule has 2 aromatic heterocycles. The van der Waals surface area contributed by atoms with E-state index in [0.717, 1.165) is 29.6 Å². The van der Waals surface area contributed by atoms with Crippen molar-refractivity contribution < 1.29 is 9.18 Å². The second-order valence-corrected chi connectivity index (χ2v) is 7.54. The number of hydrogen-bond donors (Lipinski definition) is 0. The Hall–Kier alpha value is -2.76. The number of fused-ring (bicyclic) bond motifs is 1. The third kappa shape index (κ3) is 3.31. The van der Waals surface area contributed by atoms with E-state index in [4.69, 9.17) is 4.98 Å². The Morgan fingerprint density at radius 1 is 1.33 bits per heavy atom. The van der Waals surface area contributed by atoms with Gasteiger partial charge in [-0.25, -0.2) is 14.1 Å². The first-order valence-electron chi connectivity index (χ1n) is 9.32. The van der Waals surface area contributed by atoms with Crippen LogP contribution in [0.25, 0.3) is 11.0 Å². The minimum atomic E-state index is -0.302. The fraction of sp³-hybridized carbons (Fsp3) is 0.381. The predicted octanol–water partition coefficient (Wildman–Crippen LogP) is 4.30. The summed E-state index contributed by atoms with van der Waals surface area (Å²) in [6, 6.07) is 8.59. The van der Waals surface area contributed by atoms with Gasteiger partial charge in [0.25, 0.3) is 5.91 Å². The van der Waals surface area contributed by atoms with Crippen LogP contribution in [0.3, 0.4) is 0 Å². The molecule has 0 bridgehead atoms. The number of carbonyl (C=O) groups excluding carboxylic acids is 1. The van der Waals surface area contributed by atoms with Gasteiger partial charge in [-0.15, -0.1) is 0 Å². The molecule has 27 heavy (non-hydrogen) atoms. The molecule has 0 unspecified atom stereocenters. The van der Waals surface area contributed by atoms with Crippen molar-refractivity contribution in [3.8, 4) is 0 Å². The van der Waals surface area contributed by atoms with E-state index in [1.807, 2.05) is 24.6 Å². The van der Waals surface area contributed by atoms with Crippen molar-refractivity contribution in [3.63, 3.8) is 0 Å². The lowest BCUT2D eigenvalue weighted by Gasteiger charge is -2.19. The molecule has 0 N–H and O–H groups in total. The van der Waals surface area contributed by atoms with Gasteiger partial charge < -0.3 is 4.90 Å². The van der Waals surface area contributed by atoms with Gasteiger partial charge in [-0.05, 0) is 38.8 Å². The number of aromatic nitrogens is 3. The third-order valence-corrected chi connectivity index (χ3v) is 5.01. The first-order valence-corrected chi connectivity index (χ1v) is 9.32. The van der Waals surface area contributed by atoms with Crippen molar-refractivity contribution in [2.24, 2.45) is 0 Å². The molecular weight excluding hydrogens is 343 g/mol. The number of amides is 1. The topological polar surface area (TPSA) is 51.0 Å². The van der Waals surface area contributed by atoms with E-state index in [2.05, 4.69) is 5.10 Å². The summed E-state index contributed by atoms with van der Waals surface area (Å²) in [6.45, 7) is 4.31. The maximum atomic E-state index is 14.0. The fourth-order valence-corrected chi connectivity index (χ4v) is 3.34. The van der Waals surface area contributed by atoms with Gasteiger partial charge in [-0.3, -0.25) is 4.79 Å². The lowest BCUT2D eigenvalue weighted by Crippen LogP contribution is -2.27. The number of benzene rings is 1. The molecule has 0 spiro atoms. The molecule has 1 aromatic carbocycles. The van der Waals surface area contributed by atoms with E-state index in [1.165, 1.54) is 6.07 Å². The molecule has 1 amide bonds. The highest BCUT2D eigenvalue weighted by Gasteiger charge is 2.29. The van der Waals surface area contributed by atoms with Gasteiger partial charge in [0.15, 0.2) is 5.65 Å². The molecule has 4 rings (SSSR count). The minimum absolute atomic E-state index is 0.143. The summed E-state index contributed by atoms with van der Waals surface area (Å²) >= 11 is 0. The van der Waals surface area contributed by atoms with Crippen molar-refractivity contribution in [3.05, 3.63) is 59.2 Å². The first-order chi connectivity index (χ1) is 13.0. The van der Waals surface area contributed by atoms with Crippen LogP contribution in [-0.4, -0.2) is 32.6 Å². The molecular formula is C21H23FN4O. The Labute approximate surface area is 157 Å². The van der Waals surface area contributed by atoms with Gasteiger partial charge in [0.2, 0.25) is 0 Å². The zero-order chi connectivity index (χ0) is 19.1. The SMILES string of the molecule is CC(C)n1ncc2c(C(=O)N(C)Cc3ccccc3F)cc(C3CC3)nc21. The van der Waals surface area contributed by atoms with E-state index in [-0.39, 0.29) is 24.3 Å². The molecule has 0 atom stereocenters. The molecule has 1 fully saturated rings. The van der Waals surface area contributed by atoms with Crippen LogP contribution in [0.15, 0.2) is 36.5 Å². The van der Waals surface area contributed by atoms with E-state index in [0.29, 0.717) is 17.0 Å². The smallest absolute Gasteiger partial charge is 0.254 e. The Balaban J connectivity index is 1.73. The molecule has 1 saturated carbocycles. The minimum Gasteiger partial charge on any atom is -0.337 e. The number of pyridine rings is 1. The lowest BCUT2D eigenvalue weighted by atomic mass is 10.1. The fourth-order valence-electron chi connectivity index (χ4n) is 3.34. The molecule has 0 radical (unpaired) electrons. The Morgan fingerprint density at radius 3 is 2.74 bits per heavy atom. The van der Waals surface area contributed by atoms with Crippen LogP contribution >= 0.6 is 0 Å². The van der Waals surface area contributed by atoms with Gasteiger partial charge in [-0.2, -0.15) is 5.10 Å². The van der Waals surface area contributed by atoms with E-state index in [9.17, 15) is 9.18 Å². The Morgan fingerprint density at radius 2 is 2.07 bits per heavy atom. The summed E-state index contributed by atoms with van der Waals surface area (Å²) in [5.41, 5.74) is 2.79. The van der Waals surface area contributed by atoms with Crippen LogP contribution in [0.5, 0.6) is 0 Å². The van der Waals surface area contributed by atoms with Gasteiger partial charge in [0, 0.05) is 36.8 Å². The Kier molecular flexibility index (Phi) is 4.42. The van der Waals surface area contributed by atoms with Crippen molar-refractivity contribution in [2.45, 2.75) is 45.2 Å². The summed E-state index contributed by atoms with van der Waals surface area (Å²) in [6.07, 6.45) is 3.92. The third-order valence-electron chi connectivity index (χ3n) is 5.01. The zero-order valence-corrected chi connectivity index (χ0v) is 15.8. The highest BCUT2D eigenvalue weighted by Crippen LogP contribution is 2.40. The quantitative estimate of drug-likeness (QED) is 0.676. The van der Waals surface area contributed by atoms with E-state index in [1.54, 1.807) is 36.3 Å². The predicted molar refractivity (Wildman–Crippen MR) is 102 cm³/mol. The highest BCUT2D eigenvalue weighted by molar-refractivity contribution is 6.05.